The Morgan fingerprint density at radius 3 is 2.25 bits per heavy atom. The van der Waals surface area contributed by atoms with Gasteiger partial charge in [0.1, 0.15) is 17.6 Å². The summed E-state index contributed by atoms with van der Waals surface area (Å²) < 4.78 is 91.2. The minimum Gasteiger partial charge on any atom is -0.464 e. The topological polar surface area (TPSA) is 90.3 Å². The van der Waals surface area contributed by atoms with Gasteiger partial charge in [-0.1, -0.05) is 0 Å². The molecule has 166 valence electrons. The van der Waals surface area contributed by atoms with Crippen molar-refractivity contribution in [2.24, 2.45) is 0 Å². The Bertz CT molecular complexity index is 1240. The maximum atomic E-state index is 14.5. The quantitative estimate of drug-likeness (QED) is 0.444. The Labute approximate surface area is 176 Å². The first-order valence-electron chi connectivity index (χ1n) is 8.51. The summed E-state index contributed by atoms with van der Waals surface area (Å²) in [4.78, 5) is 12.1. The lowest BCUT2D eigenvalue weighted by atomic mass is 10.2. The number of halogens is 6. The molecule has 3 rings (SSSR count). The molecule has 3 aromatic rings. The van der Waals surface area contributed by atoms with Gasteiger partial charge < -0.3 is 19.8 Å². The number of aromatic nitrogens is 1. The number of rotatable bonds is 4. The van der Waals surface area contributed by atoms with Gasteiger partial charge in [-0.05, 0) is 24.3 Å². The number of carbonyl (C=O) groups excluding carboxylic acids is 1. The van der Waals surface area contributed by atoms with E-state index in [0.29, 0.717) is 0 Å². The smallest absolute Gasteiger partial charge is 0.416 e. The zero-order chi connectivity index (χ0) is 23.8. The minimum absolute atomic E-state index is 0.0457. The number of nitriles is 1. The first-order chi connectivity index (χ1) is 15.0. The van der Waals surface area contributed by atoms with Crippen molar-refractivity contribution in [3.8, 4) is 23.3 Å². The number of methoxy groups -OCH3 is 1. The molecule has 1 heterocycles. The monoisotopic (exact) mass is 455 g/mol. The number of nitrogens with zero attached hydrogens (tertiary/aromatic N) is 2. The van der Waals surface area contributed by atoms with Crippen LogP contribution in [0.3, 0.4) is 0 Å². The fraction of sp³-hybridized carbons (Fsp3) is 0.100. The molecular weight excluding hydrogens is 444 g/mol. The summed E-state index contributed by atoms with van der Waals surface area (Å²) in [5, 5.41) is 9.14. The molecule has 0 bridgehead atoms. The van der Waals surface area contributed by atoms with Crippen molar-refractivity contribution >= 4 is 11.7 Å². The highest BCUT2D eigenvalue weighted by molar-refractivity contribution is 5.96. The summed E-state index contributed by atoms with van der Waals surface area (Å²) in [6.45, 7) is 0. The molecule has 2 aromatic carbocycles. The maximum Gasteiger partial charge on any atom is 0.416 e. The van der Waals surface area contributed by atoms with Crippen molar-refractivity contribution < 1.29 is 40.6 Å². The fourth-order valence-electron chi connectivity index (χ4n) is 2.78. The highest BCUT2D eigenvalue weighted by Crippen LogP contribution is 2.36. The zero-order valence-corrected chi connectivity index (χ0v) is 15.9. The maximum absolute atomic E-state index is 14.5. The van der Waals surface area contributed by atoms with E-state index < -0.39 is 52.3 Å². The van der Waals surface area contributed by atoms with E-state index in [1.165, 1.54) is 0 Å². The van der Waals surface area contributed by atoms with E-state index in [2.05, 4.69) is 4.74 Å². The molecule has 6 nitrogen and oxygen atoms in total. The lowest BCUT2D eigenvalue weighted by molar-refractivity contribution is -0.138. The van der Waals surface area contributed by atoms with Crippen LogP contribution in [0.1, 0.15) is 21.6 Å². The Morgan fingerprint density at radius 2 is 1.72 bits per heavy atom. The summed E-state index contributed by atoms with van der Waals surface area (Å²) in [6.07, 6.45) is -3.95. The average molecular weight is 455 g/mol. The first-order valence-corrected chi connectivity index (χ1v) is 8.51. The second-order valence-corrected chi connectivity index (χ2v) is 6.26. The standard InChI is InChI=1S/C20H11F6N3O3/c1-31-19(30)17-16(28)9(7-27)8-29(17)15-6-11(2-3-12(15)21)32-18-13(22)4-10(5-14(18)23)20(24,25)26/h2-6,8H,28H2,1H3. The second-order valence-electron chi connectivity index (χ2n) is 6.26. The van der Waals surface area contributed by atoms with Crippen LogP contribution >= 0.6 is 0 Å². The van der Waals surface area contributed by atoms with Crippen molar-refractivity contribution in [2.45, 2.75) is 6.18 Å². The lowest BCUT2D eigenvalue weighted by Crippen LogP contribution is -2.12. The number of esters is 1. The number of nitrogens with two attached hydrogens (primary N) is 1. The number of alkyl halides is 3. The largest absolute Gasteiger partial charge is 0.464 e. The first kappa shape index (κ1) is 22.5. The highest BCUT2D eigenvalue weighted by Gasteiger charge is 2.33. The third kappa shape index (κ3) is 4.04. The van der Waals surface area contributed by atoms with Gasteiger partial charge >= 0.3 is 12.1 Å². The number of hydrogen-bond donors (Lipinski definition) is 1. The molecule has 1 aromatic heterocycles. The molecule has 0 fully saturated rings. The lowest BCUT2D eigenvalue weighted by Gasteiger charge is -2.14. The molecule has 0 amide bonds. The zero-order valence-electron chi connectivity index (χ0n) is 15.9. The van der Waals surface area contributed by atoms with Gasteiger partial charge in [-0.2, -0.15) is 18.4 Å². The Balaban J connectivity index is 2.09. The molecular formula is C20H11F6N3O3. The molecule has 32 heavy (non-hydrogen) atoms. The Kier molecular flexibility index (Phi) is 5.76. The Hall–Kier alpha value is -4.14. The molecule has 0 aliphatic heterocycles. The van der Waals surface area contributed by atoms with Crippen LogP contribution < -0.4 is 10.5 Å². The molecule has 0 saturated carbocycles. The predicted octanol–water partition coefficient (Wildman–Crippen LogP) is 4.95. The van der Waals surface area contributed by atoms with Gasteiger partial charge in [0.05, 0.1) is 29.6 Å². The van der Waals surface area contributed by atoms with Crippen LogP contribution in [-0.2, 0) is 10.9 Å². The van der Waals surface area contributed by atoms with Gasteiger partial charge in [0, 0.05) is 12.3 Å². The van der Waals surface area contributed by atoms with E-state index in [1.54, 1.807) is 6.07 Å². The molecule has 2 N–H and O–H groups in total. The van der Waals surface area contributed by atoms with Crippen LogP contribution in [0.25, 0.3) is 5.69 Å². The van der Waals surface area contributed by atoms with Gasteiger partial charge in [0.2, 0.25) is 0 Å². The normalized spacial score (nSPS) is 11.2. The van der Waals surface area contributed by atoms with Gasteiger partial charge in [-0.25, -0.2) is 18.0 Å². The number of carbonyl (C=O) groups is 1. The third-order valence-electron chi connectivity index (χ3n) is 4.27. The van der Waals surface area contributed by atoms with Gasteiger partial charge in [0.25, 0.3) is 0 Å². The van der Waals surface area contributed by atoms with E-state index in [-0.39, 0.29) is 29.1 Å². The van der Waals surface area contributed by atoms with E-state index in [4.69, 9.17) is 15.7 Å². The summed E-state index contributed by atoms with van der Waals surface area (Å²) in [5.74, 6) is -6.79. The van der Waals surface area contributed by atoms with Crippen LogP contribution in [-0.4, -0.2) is 17.6 Å². The van der Waals surface area contributed by atoms with Gasteiger partial charge in [-0.15, -0.1) is 0 Å². The van der Waals surface area contributed by atoms with E-state index >= 15 is 0 Å². The SMILES string of the molecule is COC(=O)c1c(N)c(C#N)cn1-c1cc(Oc2c(F)cc(C(F)(F)F)cc2F)ccc1F. The average Bonchev–Trinajstić information content (AvgIpc) is 3.06. The molecule has 0 atom stereocenters. The number of nitrogen functional groups attached to an aromatic ring is 1. The van der Waals surface area contributed by atoms with Crippen LogP contribution in [0.5, 0.6) is 11.5 Å². The van der Waals surface area contributed by atoms with Gasteiger partial charge in [0.15, 0.2) is 23.1 Å². The van der Waals surface area contributed by atoms with E-state index in [1.807, 2.05) is 0 Å². The summed E-state index contributed by atoms with van der Waals surface area (Å²) in [6, 6.07) is 4.47. The van der Waals surface area contributed by atoms with Crippen LogP contribution in [0.15, 0.2) is 36.5 Å². The summed E-state index contributed by atoms with van der Waals surface area (Å²) >= 11 is 0. The molecule has 0 saturated heterocycles. The van der Waals surface area contributed by atoms with Crippen molar-refractivity contribution in [2.75, 3.05) is 12.8 Å². The van der Waals surface area contributed by atoms with Crippen LogP contribution in [0, 0.1) is 28.8 Å². The molecule has 0 unspecified atom stereocenters. The molecule has 0 aliphatic carbocycles. The fourth-order valence-corrected chi connectivity index (χ4v) is 2.78. The third-order valence-corrected chi connectivity index (χ3v) is 4.27. The van der Waals surface area contributed by atoms with Crippen molar-refractivity contribution in [3.63, 3.8) is 0 Å². The molecule has 0 aliphatic rings. The summed E-state index contributed by atoms with van der Waals surface area (Å²) in [7, 11) is 1.03. The Morgan fingerprint density at radius 1 is 1.09 bits per heavy atom. The number of benzene rings is 2. The van der Waals surface area contributed by atoms with Crippen LogP contribution in [0.4, 0.5) is 32.0 Å². The van der Waals surface area contributed by atoms with E-state index in [9.17, 15) is 31.1 Å². The van der Waals surface area contributed by atoms with Crippen molar-refractivity contribution in [1.29, 1.82) is 5.26 Å². The predicted molar refractivity (Wildman–Crippen MR) is 97.6 cm³/mol. The number of anilines is 1. The second kappa shape index (κ2) is 8.18. The number of ether oxygens (including phenoxy) is 2. The number of hydrogen-bond acceptors (Lipinski definition) is 5. The molecule has 0 radical (unpaired) electrons. The molecule has 12 heteroatoms. The van der Waals surface area contributed by atoms with Crippen molar-refractivity contribution in [3.05, 3.63) is 70.8 Å². The van der Waals surface area contributed by atoms with Crippen LogP contribution in [0.2, 0.25) is 0 Å². The van der Waals surface area contributed by atoms with Gasteiger partial charge in [-0.3, -0.25) is 0 Å². The van der Waals surface area contributed by atoms with E-state index in [0.717, 1.165) is 36.1 Å². The molecule has 0 spiro atoms. The summed E-state index contributed by atoms with van der Waals surface area (Å²) in [5.41, 5.74) is 2.88. The highest BCUT2D eigenvalue weighted by atomic mass is 19.4. The van der Waals surface area contributed by atoms with Crippen molar-refractivity contribution in [1.82, 2.24) is 4.57 Å². The minimum atomic E-state index is -4.99.